The summed E-state index contributed by atoms with van der Waals surface area (Å²) >= 11 is 1.45. The fraction of sp³-hybridized carbons (Fsp3) is 0.143. The standard InChI is InChI=1S/C14H11FN6S/c1-2-11-17-19-14-21(11)20-13(22-14)10-7-16-18-12(10)8-3-5-9(15)6-4-8/h3-7H,2H2,1H3,(H,16,18). The number of nitrogens with zero attached hydrogens (tertiary/aromatic N) is 5. The first-order chi connectivity index (χ1) is 10.8. The highest BCUT2D eigenvalue weighted by molar-refractivity contribution is 7.19. The largest absolute Gasteiger partial charge is 0.277 e. The quantitative estimate of drug-likeness (QED) is 0.631. The molecule has 110 valence electrons. The molecule has 4 rings (SSSR count). The Labute approximate surface area is 128 Å². The first-order valence-corrected chi connectivity index (χ1v) is 7.58. The fourth-order valence-corrected chi connectivity index (χ4v) is 3.15. The highest BCUT2D eigenvalue weighted by atomic mass is 32.1. The Morgan fingerprint density at radius 2 is 2.05 bits per heavy atom. The summed E-state index contributed by atoms with van der Waals surface area (Å²) in [4.78, 5) is 0.748. The first kappa shape index (κ1) is 13.1. The van der Waals surface area contributed by atoms with Crippen LogP contribution < -0.4 is 0 Å². The number of fused-ring (bicyclic) bond motifs is 1. The lowest BCUT2D eigenvalue weighted by Crippen LogP contribution is -1.93. The van der Waals surface area contributed by atoms with Crippen molar-refractivity contribution in [2.24, 2.45) is 0 Å². The van der Waals surface area contributed by atoms with E-state index in [1.54, 1.807) is 22.8 Å². The van der Waals surface area contributed by atoms with Crippen molar-refractivity contribution < 1.29 is 4.39 Å². The van der Waals surface area contributed by atoms with Crippen LogP contribution in [0.2, 0.25) is 0 Å². The zero-order chi connectivity index (χ0) is 15.1. The molecule has 0 aliphatic heterocycles. The van der Waals surface area contributed by atoms with E-state index < -0.39 is 0 Å². The molecule has 4 aromatic rings. The van der Waals surface area contributed by atoms with Crippen LogP contribution in [0.5, 0.6) is 0 Å². The van der Waals surface area contributed by atoms with Gasteiger partial charge in [0.05, 0.1) is 17.5 Å². The van der Waals surface area contributed by atoms with Crippen molar-refractivity contribution in [1.29, 1.82) is 0 Å². The van der Waals surface area contributed by atoms with E-state index in [9.17, 15) is 4.39 Å². The van der Waals surface area contributed by atoms with Crippen molar-refractivity contribution in [3.05, 3.63) is 42.1 Å². The molecule has 0 unspecified atom stereocenters. The van der Waals surface area contributed by atoms with E-state index in [1.807, 2.05) is 6.92 Å². The number of aryl methyl sites for hydroxylation is 1. The number of nitrogens with one attached hydrogen (secondary N) is 1. The van der Waals surface area contributed by atoms with Crippen molar-refractivity contribution in [1.82, 2.24) is 30.0 Å². The molecular formula is C14H11FN6S. The summed E-state index contributed by atoms with van der Waals surface area (Å²) < 4.78 is 14.8. The van der Waals surface area contributed by atoms with Gasteiger partial charge in [0.15, 0.2) is 10.8 Å². The van der Waals surface area contributed by atoms with E-state index in [-0.39, 0.29) is 5.82 Å². The Hall–Kier alpha value is -2.61. The highest BCUT2D eigenvalue weighted by Crippen LogP contribution is 2.32. The second kappa shape index (κ2) is 4.99. The molecular weight excluding hydrogens is 303 g/mol. The van der Waals surface area contributed by atoms with E-state index >= 15 is 0 Å². The molecule has 0 radical (unpaired) electrons. The zero-order valence-corrected chi connectivity index (χ0v) is 12.4. The highest BCUT2D eigenvalue weighted by Gasteiger charge is 2.17. The van der Waals surface area contributed by atoms with Gasteiger partial charge in [-0.3, -0.25) is 5.10 Å². The second-order valence-corrected chi connectivity index (χ2v) is 5.69. The van der Waals surface area contributed by atoms with E-state index in [0.29, 0.717) is 0 Å². The van der Waals surface area contributed by atoms with Crippen molar-refractivity contribution in [3.8, 4) is 21.8 Å². The minimum absolute atomic E-state index is 0.267. The summed E-state index contributed by atoms with van der Waals surface area (Å²) in [6, 6.07) is 6.27. The van der Waals surface area contributed by atoms with Crippen molar-refractivity contribution in [3.63, 3.8) is 0 Å². The van der Waals surface area contributed by atoms with Gasteiger partial charge in [-0.1, -0.05) is 18.3 Å². The Morgan fingerprint density at radius 1 is 1.23 bits per heavy atom. The molecule has 0 saturated heterocycles. The molecule has 0 atom stereocenters. The van der Waals surface area contributed by atoms with Gasteiger partial charge in [-0.15, -0.1) is 10.2 Å². The molecule has 0 aliphatic rings. The third-order valence-corrected chi connectivity index (χ3v) is 4.31. The van der Waals surface area contributed by atoms with Crippen LogP contribution in [0.3, 0.4) is 0 Å². The van der Waals surface area contributed by atoms with Crippen LogP contribution in [0, 0.1) is 5.82 Å². The number of hydrogen-bond acceptors (Lipinski definition) is 5. The molecule has 8 heteroatoms. The second-order valence-electron chi connectivity index (χ2n) is 4.74. The van der Waals surface area contributed by atoms with Crippen molar-refractivity contribution in [2.45, 2.75) is 13.3 Å². The van der Waals surface area contributed by atoms with Gasteiger partial charge in [0.2, 0.25) is 4.96 Å². The number of hydrogen-bond donors (Lipinski definition) is 1. The predicted molar refractivity (Wildman–Crippen MR) is 81.0 cm³/mol. The fourth-order valence-electron chi connectivity index (χ4n) is 2.27. The average molecular weight is 314 g/mol. The molecule has 3 heterocycles. The summed E-state index contributed by atoms with van der Waals surface area (Å²) in [5, 5.41) is 20.6. The number of halogens is 1. The molecule has 0 spiro atoms. The van der Waals surface area contributed by atoms with Gasteiger partial charge >= 0.3 is 0 Å². The monoisotopic (exact) mass is 314 g/mol. The van der Waals surface area contributed by atoms with E-state index in [1.165, 1.54) is 23.5 Å². The Kier molecular flexibility index (Phi) is 2.97. The minimum Gasteiger partial charge on any atom is -0.277 e. The number of aromatic amines is 1. The number of benzene rings is 1. The smallest absolute Gasteiger partial charge is 0.234 e. The van der Waals surface area contributed by atoms with Gasteiger partial charge in [0.1, 0.15) is 5.82 Å². The van der Waals surface area contributed by atoms with E-state index in [4.69, 9.17) is 0 Å². The third-order valence-electron chi connectivity index (χ3n) is 3.37. The van der Waals surface area contributed by atoms with Gasteiger partial charge in [-0.05, 0) is 24.3 Å². The maximum Gasteiger partial charge on any atom is 0.234 e. The number of H-pyrrole nitrogens is 1. The van der Waals surface area contributed by atoms with Crippen LogP contribution in [0.4, 0.5) is 4.39 Å². The topological polar surface area (TPSA) is 71.8 Å². The van der Waals surface area contributed by atoms with E-state index in [2.05, 4.69) is 25.5 Å². The number of rotatable bonds is 3. The zero-order valence-electron chi connectivity index (χ0n) is 11.6. The molecule has 0 aliphatic carbocycles. The third kappa shape index (κ3) is 2.00. The number of aromatic nitrogens is 6. The minimum atomic E-state index is -0.267. The van der Waals surface area contributed by atoms with Crippen LogP contribution >= 0.6 is 11.3 Å². The lowest BCUT2D eigenvalue weighted by molar-refractivity contribution is 0.628. The summed E-state index contributed by atoms with van der Waals surface area (Å²) in [5.41, 5.74) is 2.53. The summed E-state index contributed by atoms with van der Waals surface area (Å²) in [6.45, 7) is 2.01. The maximum atomic E-state index is 13.1. The molecule has 22 heavy (non-hydrogen) atoms. The normalized spacial score (nSPS) is 11.4. The summed E-state index contributed by atoms with van der Waals surface area (Å²) in [7, 11) is 0. The van der Waals surface area contributed by atoms with Gasteiger partial charge in [0.25, 0.3) is 0 Å². The molecule has 0 fully saturated rings. The van der Waals surface area contributed by atoms with Crippen molar-refractivity contribution in [2.75, 3.05) is 0 Å². The van der Waals surface area contributed by atoms with Crippen LogP contribution in [-0.4, -0.2) is 30.0 Å². The molecule has 6 nitrogen and oxygen atoms in total. The van der Waals surface area contributed by atoms with Crippen LogP contribution in [0.1, 0.15) is 12.7 Å². The SMILES string of the molecule is CCc1nnc2sc(-c3cn[nH]c3-c3ccc(F)cc3)nn12. The lowest BCUT2D eigenvalue weighted by Gasteiger charge is -2.00. The Balaban J connectivity index is 1.83. The summed E-state index contributed by atoms with van der Waals surface area (Å²) in [5.74, 6) is 0.556. The van der Waals surface area contributed by atoms with Crippen molar-refractivity contribution >= 4 is 16.3 Å². The molecule has 1 aromatic carbocycles. The van der Waals surface area contributed by atoms with Crippen LogP contribution in [-0.2, 0) is 6.42 Å². The van der Waals surface area contributed by atoms with Gasteiger partial charge in [-0.25, -0.2) is 4.39 Å². The Morgan fingerprint density at radius 3 is 2.82 bits per heavy atom. The lowest BCUT2D eigenvalue weighted by atomic mass is 10.1. The molecule has 0 saturated carbocycles. The van der Waals surface area contributed by atoms with Gasteiger partial charge in [-0.2, -0.15) is 14.7 Å². The van der Waals surface area contributed by atoms with Crippen LogP contribution in [0.25, 0.3) is 26.8 Å². The maximum absolute atomic E-state index is 13.1. The Bertz CT molecular complexity index is 936. The average Bonchev–Trinajstić information content (AvgIpc) is 3.22. The molecule has 0 amide bonds. The molecule has 3 aromatic heterocycles. The first-order valence-electron chi connectivity index (χ1n) is 6.77. The van der Waals surface area contributed by atoms with Gasteiger partial charge < -0.3 is 0 Å². The van der Waals surface area contributed by atoms with Crippen LogP contribution in [0.15, 0.2) is 30.5 Å². The summed E-state index contributed by atoms with van der Waals surface area (Å²) in [6.07, 6.45) is 2.48. The molecule has 1 N–H and O–H groups in total. The molecule has 0 bridgehead atoms. The predicted octanol–water partition coefficient (Wildman–Crippen LogP) is 2.94. The van der Waals surface area contributed by atoms with Gasteiger partial charge in [0, 0.05) is 12.0 Å². The van der Waals surface area contributed by atoms with E-state index in [0.717, 1.165) is 39.0 Å².